The lowest BCUT2D eigenvalue weighted by atomic mass is 9.35. The molecule has 0 aliphatic heterocycles. The molecule has 1 unspecified atom stereocenters. The van der Waals surface area contributed by atoms with Crippen molar-refractivity contribution in [1.82, 2.24) is 0 Å². The molecule has 0 aromatic rings. The van der Waals surface area contributed by atoms with Gasteiger partial charge >= 0.3 is 0 Å². The molecule has 3 saturated carbocycles. The summed E-state index contributed by atoms with van der Waals surface area (Å²) in [7, 11) is 0. The van der Waals surface area contributed by atoms with Crippen LogP contribution in [0.3, 0.4) is 0 Å². The fourth-order valence-electron chi connectivity index (χ4n) is 10.00. The summed E-state index contributed by atoms with van der Waals surface area (Å²) < 4.78 is 0. The molecule has 5 aliphatic rings. The van der Waals surface area contributed by atoms with Gasteiger partial charge in [-0.05, 0) is 95.9 Å². The molecule has 0 saturated heterocycles. The lowest BCUT2D eigenvalue weighted by Gasteiger charge is -2.69. The summed E-state index contributed by atoms with van der Waals surface area (Å²) in [4.78, 5) is 0. The zero-order chi connectivity index (χ0) is 23.5. The molecule has 0 aromatic carbocycles. The Morgan fingerprint density at radius 3 is 2.19 bits per heavy atom. The molecular formula is C30H48O2. The number of hydrogen-bond donors (Lipinski definition) is 2. The van der Waals surface area contributed by atoms with Gasteiger partial charge in [0.05, 0.1) is 12.2 Å². The summed E-state index contributed by atoms with van der Waals surface area (Å²) in [6.07, 6.45) is 13.6. The maximum absolute atomic E-state index is 11.3. The van der Waals surface area contributed by atoms with Crippen molar-refractivity contribution in [3.63, 3.8) is 0 Å². The average molecular weight is 441 g/mol. The smallest absolute Gasteiger partial charge is 0.0636 e. The third-order valence-electron chi connectivity index (χ3n) is 12.5. The molecule has 0 heterocycles. The first kappa shape index (κ1) is 23.2. The number of allylic oxidation sites excluding steroid dienone is 3. The summed E-state index contributed by atoms with van der Waals surface area (Å²) in [6.45, 7) is 19.4. The largest absolute Gasteiger partial charge is 0.393 e. The van der Waals surface area contributed by atoms with Crippen molar-refractivity contribution < 1.29 is 10.2 Å². The van der Waals surface area contributed by atoms with Gasteiger partial charge in [-0.2, -0.15) is 0 Å². The number of aliphatic hydroxyl groups excluding tert-OH is 2. The van der Waals surface area contributed by atoms with Gasteiger partial charge in [-0.1, -0.05) is 73.1 Å². The highest BCUT2D eigenvalue weighted by atomic mass is 16.3. The highest BCUT2D eigenvalue weighted by Crippen LogP contribution is 2.74. The van der Waals surface area contributed by atoms with E-state index in [0.29, 0.717) is 11.8 Å². The second-order valence-corrected chi connectivity index (χ2v) is 14.9. The van der Waals surface area contributed by atoms with Gasteiger partial charge in [0, 0.05) is 5.41 Å². The quantitative estimate of drug-likeness (QED) is 0.423. The molecule has 2 heteroatoms. The van der Waals surface area contributed by atoms with E-state index in [0.717, 1.165) is 32.1 Å². The fraction of sp³-hybridized carbons (Fsp3) is 0.867. The van der Waals surface area contributed by atoms with Crippen molar-refractivity contribution in [2.24, 2.45) is 44.3 Å². The Balaban J connectivity index is 1.66. The van der Waals surface area contributed by atoms with E-state index in [1.807, 2.05) is 0 Å². The molecule has 0 amide bonds. The number of aliphatic hydroxyl groups is 2. The molecular weight excluding hydrogens is 392 g/mol. The van der Waals surface area contributed by atoms with Gasteiger partial charge in [-0.15, -0.1) is 0 Å². The maximum atomic E-state index is 11.3. The lowest BCUT2D eigenvalue weighted by molar-refractivity contribution is -0.183. The van der Waals surface area contributed by atoms with Crippen LogP contribution in [0.4, 0.5) is 0 Å². The summed E-state index contributed by atoms with van der Waals surface area (Å²) in [6, 6.07) is 0. The zero-order valence-electron chi connectivity index (χ0n) is 22.0. The monoisotopic (exact) mass is 440 g/mol. The van der Waals surface area contributed by atoms with Gasteiger partial charge < -0.3 is 10.2 Å². The first-order chi connectivity index (χ1) is 14.6. The van der Waals surface area contributed by atoms with Crippen LogP contribution in [0.1, 0.15) is 107 Å². The van der Waals surface area contributed by atoms with Gasteiger partial charge in [0.2, 0.25) is 0 Å². The van der Waals surface area contributed by atoms with E-state index in [2.05, 4.69) is 67.5 Å². The van der Waals surface area contributed by atoms with Gasteiger partial charge in [-0.25, -0.2) is 0 Å². The van der Waals surface area contributed by atoms with Crippen LogP contribution in [0.15, 0.2) is 23.3 Å². The van der Waals surface area contributed by atoms with E-state index >= 15 is 0 Å². The van der Waals surface area contributed by atoms with E-state index in [-0.39, 0.29) is 44.7 Å². The SMILES string of the molecule is CC1(C)CC2=C3C=C[C@@H]4[C@@]5(C)CC[C@H](O)C(C)(C)C5CC[C@@]4(C)[C@]3(C)CC[C@@]2(C)[C@H](O)C1. The molecule has 5 aliphatic carbocycles. The third kappa shape index (κ3) is 2.66. The normalized spacial score (nSPS) is 53.7. The van der Waals surface area contributed by atoms with Crippen LogP contribution >= 0.6 is 0 Å². The van der Waals surface area contributed by atoms with Gasteiger partial charge in [0.25, 0.3) is 0 Å². The predicted molar refractivity (Wildman–Crippen MR) is 132 cm³/mol. The molecule has 0 bridgehead atoms. The third-order valence-corrected chi connectivity index (χ3v) is 12.5. The molecule has 2 nitrogen and oxygen atoms in total. The van der Waals surface area contributed by atoms with Crippen LogP contribution in [-0.4, -0.2) is 22.4 Å². The summed E-state index contributed by atoms with van der Waals surface area (Å²) in [5.74, 6) is 1.13. The second kappa shape index (κ2) is 6.54. The minimum Gasteiger partial charge on any atom is -0.393 e. The topological polar surface area (TPSA) is 40.5 Å². The number of fused-ring (bicyclic) bond motifs is 6. The predicted octanol–water partition coefficient (Wildman–Crippen LogP) is 7.06. The van der Waals surface area contributed by atoms with Crippen LogP contribution in [0.2, 0.25) is 0 Å². The molecule has 5 rings (SSSR count). The molecule has 0 radical (unpaired) electrons. The van der Waals surface area contributed by atoms with Gasteiger partial charge in [-0.3, -0.25) is 0 Å². The molecule has 8 atom stereocenters. The zero-order valence-corrected chi connectivity index (χ0v) is 22.0. The van der Waals surface area contributed by atoms with E-state index in [1.54, 1.807) is 11.1 Å². The van der Waals surface area contributed by atoms with E-state index in [1.165, 1.54) is 19.3 Å². The standard InChI is InChI=1S/C30H48O2/c1-25(2)17-20-19-9-10-22-28(6)13-12-23(31)26(3,4)21(28)11-14-30(22,8)29(19,7)16-15-27(20,5)24(32)18-25/h9-10,21-24,31-32H,11-18H2,1-8H3/t21?,22-,23+,24-,27-,28+,29-,30-/m1/s1. The van der Waals surface area contributed by atoms with Crippen molar-refractivity contribution in [2.45, 2.75) is 119 Å². The highest BCUT2D eigenvalue weighted by molar-refractivity contribution is 5.46. The number of rotatable bonds is 0. The minimum absolute atomic E-state index is 0.00947. The van der Waals surface area contributed by atoms with Gasteiger partial charge in [0.15, 0.2) is 0 Å². The minimum atomic E-state index is -0.230. The summed E-state index contributed by atoms with van der Waals surface area (Å²) in [5.41, 5.74) is 3.90. The molecule has 0 aromatic heterocycles. The van der Waals surface area contributed by atoms with Crippen molar-refractivity contribution in [3.05, 3.63) is 23.3 Å². The Morgan fingerprint density at radius 2 is 1.50 bits per heavy atom. The van der Waals surface area contributed by atoms with Crippen molar-refractivity contribution in [1.29, 1.82) is 0 Å². The van der Waals surface area contributed by atoms with E-state index < -0.39 is 0 Å². The maximum Gasteiger partial charge on any atom is 0.0636 e. The first-order valence-corrected chi connectivity index (χ1v) is 13.4. The molecule has 3 fully saturated rings. The average Bonchev–Trinajstić information content (AvgIpc) is 2.67. The Bertz CT molecular complexity index is 879. The van der Waals surface area contributed by atoms with Crippen LogP contribution in [0.25, 0.3) is 0 Å². The van der Waals surface area contributed by atoms with E-state index in [4.69, 9.17) is 0 Å². The van der Waals surface area contributed by atoms with Gasteiger partial charge in [0.1, 0.15) is 0 Å². The Labute approximate surface area is 197 Å². The van der Waals surface area contributed by atoms with Crippen molar-refractivity contribution in [2.75, 3.05) is 0 Å². The first-order valence-electron chi connectivity index (χ1n) is 13.4. The number of hydrogen-bond acceptors (Lipinski definition) is 2. The summed E-state index contributed by atoms with van der Waals surface area (Å²) >= 11 is 0. The molecule has 32 heavy (non-hydrogen) atoms. The van der Waals surface area contributed by atoms with Crippen LogP contribution in [-0.2, 0) is 0 Å². The van der Waals surface area contributed by atoms with Crippen LogP contribution in [0.5, 0.6) is 0 Å². The molecule has 180 valence electrons. The molecule has 0 spiro atoms. The van der Waals surface area contributed by atoms with Crippen LogP contribution in [0, 0.1) is 44.3 Å². The van der Waals surface area contributed by atoms with Crippen molar-refractivity contribution >= 4 is 0 Å². The lowest BCUT2D eigenvalue weighted by Crippen LogP contribution is -2.63. The second-order valence-electron chi connectivity index (χ2n) is 14.9. The Morgan fingerprint density at radius 1 is 0.812 bits per heavy atom. The Kier molecular flexibility index (Phi) is 4.73. The van der Waals surface area contributed by atoms with Crippen molar-refractivity contribution in [3.8, 4) is 0 Å². The van der Waals surface area contributed by atoms with E-state index in [9.17, 15) is 10.2 Å². The van der Waals surface area contributed by atoms with Crippen LogP contribution < -0.4 is 0 Å². The molecule has 2 N–H and O–H groups in total. The fourth-order valence-corrected chi connectivity index (χ4v) is 10.00. The Hall–Kier alpha value is -0.600. The summed E-state index contributed by atoms with van der Waals surface area (Å²) in [5, 5.41) is 22.1. The highest BCUT2D eigenvalue weighted by Gasteiger charge is 2.66.